The highest BCUT2D eigenvalue weighted by atomic mass is 16.4. The lowest BCUT2D eigenvalue weighted by atomic mass is 9.99. The molecule has 1 aliphatic heterocycles. The Labute approximate surface area is 128 Å². The van der Waals surface area contributed by atoms with E-state index in [1.165, 1.54) is 6.26 Å². The molecule has 0 radical (unpaired) electrons. The maximum absolute atomic E-state index is 11.8. The summed E-state index contributed by atoms with van der Waals surface area (Å²) >= 11 is 0. The quantitative estimate of drug-likeness (QED) is 0.893. The zero-order valence-electron chi connectivity index (χ0n) is 12.6. The molecule has 7 heteroatoms. The van der Waals surface area contributed by atoms with Gasteiger partial charge in [-0.2, -0.15) is 4.68 Å². The Morgan fingerprint density at radius 3 is 2.86 bits per heavy atom. The van der Waals surface area contributed by atoms with E-state index < -0.39 is 11.9 Å². The summed E-state index contributed by atoms with van der Waals surface area (Å²) in [4.78, 5) is 14.0. The van der Waals surface area contributed by atoms with Crippen molar-refractivity contribution in [1.29, 1.82) is 0 Å². The fourth-order valence-electron chi connectivity index (χ4n) is 2.72. The number of rotatable bonds is 5. The van der Waals surface area contributed by atoms with Gasteiger partial charge in [0.2, 0.25) is 0 Å². The molecule has 1 atom stereocenters. The molecule has 3 heterocycles. The summed E-state index contributed by atoms with van der Waals surface area (Å²) in [6, 6.07) is 3.36. The lowest BCUT2D eigenvalue weighted by Crippen LogP contribution is -2.40. The van der Waals surface area contributed by atoms with Crippen LogP contribution in [0.1, 0.15) is 19.8 Å². The topological polar surface area (TPSA) is 84.6 Å². The van der Waals surface area contributed by atoms with Crippen molar-refractivity contribution >= 4 is 0 Å². The molecule has 1 fully saturated rings. The average Bonchev–Trinajstić information content (AvgIpc) is 3.12. The Morgan fingerprint density at radius 2 is 2.18 bits per heavy atom. The summed E-state index contributed by atoms with van der Waals surface area (Å²) in [7, 11) is 0. The first-order valence-corrected chi connectivity index (χ1v) is 7.64. The number of nitrogens with zero attached hydrogens (tertiary/aromatic N) is 3. The second-order valence-corrected chi connectivity index (χ2v) is 5.97. The summed E-state index contributed by atoms with van der Waals surface area (Å²) in [5.41, 5.74) is 0. The summed E-state index contributed by atoms with van der Waals surface area (Å²) in [5, 5.41) is 14.2. The number of aromatic nitrogens is 2. The van der Waals surface area contributed by atoms with Crippen molar-refractivity contribution in [2.75, 3.05) is 19.6 Å². The molecular weight excluding hydrogens is 286 g/mol. The largest absolute Gasteiger partial charge is 0.459 e. The molecular formula is C15H21N3O4. The number of likely N-dealkylation sites (tertiary alicyclic amines) is 1. The van der Waals surface area contributed by atoms with Gasteiger partial charge in [0.05, 0.1) is 18.9 Å². The van der Waals surface area contributed by atoms with Gasteiger partial charge in [-0.25, -0.2) is 4.79 Å². The molecule has 0 aromatic carbocycles. The molecule has 2 aromatic heterocycles. The van der Waals surface area contributed by atoms with Crippen molar-refractivity contribution in [3.8, 4) is 11.7 Å². The molecule has 22 heavy (non-hydrogen) atoms. The standard InChI is InChI=1S/C15H21N3O4/c1-11-4-6-17(7-5-11)9-12(19)10-18-15(20)22-14(16-18)13-3-2-8-21-13/h2-3,8,11-12,19H,4-7,9-10H2,1H3/t12-/m1/s1. The Hall–Kier alpha value is -1.86. The molecule has 1 aliphatic rings. The molecule has 0 bridgehead atoms. The van der Waals surface area contributed by atoms with Gasteiger partial charge >= 0.3 is 5.76 Å². The fourth-order valence-corrected chi connectivity index (χ4v) is 2.72. The highest BCUT2D eigenvalue weighted by molar-refractivity contribution is 5.42. The number of aliphatic hydroxyl groups excluding tert-OH is 1. The number of hydrogen-bond acceptors (Lipinski definition) is 6. The number of hydrogen-bond donors (Lipinski definition) is 1. The molecule has 0 spiro atoms. The van der Waals surface area contributed by atoms with Gasteiger partial charge in [0.25, 0.3) is 5.89 Å². The summed E-state index contributed by atoms with van der Waals surface area (Å²) < 4.78 is 11.3. The van der Waals surface area contributed by atoms with E-state index in [2.05, 4.69) is 16.9 Å². The van der Waals surface area contributed by atoms with Crippen LogP contribution in [0.2, 0.25) is 0 Å². The van der Waals surface area contributed by atoms with Gasteiger partial charge in [-0.1, -0.05) is 6.92 Å². The van der Waals surface area contributed by atoms with Gasteiger partial charge in [-0.15, -0.1) is 5.10 Å². The second kappa shape index (κ2) is 6.50. The molecule has 120 valence electrons. The molecule has 1 saturated heterocycles. The van der Waals surface area contributed by atoms with E-state index in [4.69, 9.17) is 8.83 Å². The molecule has 0 amide bonds. The van der Waals surface area contributed by atoms with E-state index in [-0.39, 0.29) is 12.4 Å². The summed E-state index contributed by atoms with van der Waals surface area (Å²) in [6.45, 7) is 4.89. The lowest BCUT2D eigenvalue weighted by molar-refractivity contribution is 0.0763. The normalized spacial score (nSPS) is 18.6. The van der Waals surface area contributed by atoms with Crippen LogP contribution in [0.15, 0.2) is 32.0 Å². The minimum absolute atomic E-state index is 0.120. The highest BCUT2D eigenvalue weighted by Gasteiger charge is 2.20. The third-order valence-corrected chi connectivity index (χ3v) is 4.07. The predicted molar refractivity (Wildman–Crippen MR) is 79.3 cm³/mol. The molecule has 2 aromatic rings. The first-order valence-electron chi connectivity index (χ1n) is 7.64. The van der Waals surface area contributed by atoms with Gasteiger partial charge < -0.3 is 18.8 Å². The summed E-state index contributed by atoms with van der Waals surface area (Å²) in [6.07, 6.45) is 3.14. The maximum Gasteiger partial charge on any atom is 0.437 e. The number of piperidine rings is 1. The number of β-amino-alcohol motifs (C(OH)–C–C–N with tert-alkyl or cyclic N) is 1. The van der Waals surface area contributed by atoms with E-state index in [0.717, 1.165) is 36.5 Å². The van der Waals surface area contributed by atoms with E-state index >= 15 is 0 Å². The molecule has 3 rings (SSSR count). The second-order valence-electron chi connectivity index (χ2n) is 5.97. The van der Waals surface area contributed by atoms with Crippen molar-refractivity contribution in [2.24, 2.45) is 5.92 Å². The van der Waals surface area contributed by atoms with Crippen LogP contribution in [0.5, 0.6) is 0 Å². The van der Waals surface area contributed by atoms with Crippen LogP contribution in [0.25, 0.3) is 11.7 Å². The molecule has 1 N–H and O–H groups in total. The van der Waals surface area contributed by atoms with Crippen LogP contribution in [-0.4, -0.2) is 45.5 Å². The molecule has 7 nitrogen and oxygen atoms in total. The molecule has 0 aliphatic carbocycles. The van der Waals surface area contributed by atoms with Gasteiger partial charge in [-0.05, 0) is 44.0 Å². The zero-order chi connectivity index (χ0) is 15.5. The fraction of sp³-hybridized carbons (Fsp3) is 0.600. The van der Waals surface area contributed by atoms with E-state index in [0.29, 0.717) is 12.3 Å². The highest BCUT2D eigenvalue weighted by Crippen LogP contribution is 2.17. The van der Waals surface area contributed by atoms with E-state index in [1.807, 2.05) is 0 Å². The van der Waals surface area contributed by atoms with Gasteiger partial charge in [0.15, 0.2) is 5.76 Å². The third kappa shape index (κ3) is 3.48. The Kier molecular flexibility index (Phi) is 4.44. The minimum Gasteiger partial charge on any atom is -0.459 e. The van der Waals surface area contributed by atoms with Gasteiger partial charge in [0.1, 0.15) is 0 Å². The van der Waals surface area contributed by atoms with Crippen LogP contribution in [0.3, 0.4) is 0 Å². The van der Waals surface area contributed by atoms with Crippen molar-refractivity contribution in [2.45, 2.75) is 32.4 Å². The van der Waals surface area contributed by atoms with Crippen LogP contribution in [0.4, 0.5) is 0 Å². The smallest absolute Gasteiger partial charge is 0.437 e. The predicted octanol–water partition coefficient (Wildman–Crippen LogP) is 1.19. The van der Waals surface area contributed by atoms with Crippen molar-refractivity contribution in [1.82, 2.24) is 14.7 Å². The number of furan rings is 1. The Bertz CT molecular complexity index is 638. The zero-order valence-corrected chi connectivity index (χ0v) is 12.6. The minimum atomic E-state index is -0.652. The van der Waals surface area contributed by atoms with Crippen molar-refractivity contribution in [3.05, 3.63) is 28.9 Å². The first kappa shape index (κ1) is 15.1. The van der Waals surface area contributed by atoms with Crippen molar-refractivity contribution in [3.63, 3.8) is 0 Å². The van der Waals surface area contributed by atoms with Gasteiger partial charge in [0, 0.05) is 6.54 Å². The van der Waals surface area contributed by atoms with E-state index in [1.54, 1.807) is 12.1 Å². The summed E-state index contributed by atoms with van der Waals surface area (Å²) in [5.74, 6) is 0.699. The van der Waals surface area contributed by atoms with Crippen LogP contribution in [0, 0.1) is 5.92 Å². The monoisotopic (exact) mass is 307 g/mol. The Balaban J connectivity index is 1.59. The lowest BCUT2D eigenvalue weighted by Gasteiger charge is -2.31. The SMILES string of the molecule is CC1CCN(C[C@@H](O)Cn2nc(-c3ccco3)oc2=O)CC1. The van der Waals surface area contributed by atoms with E-state index in [9.17, 15) is 9.90 Å². The average molecular weight is 307 g/mol. The number of aliphatic hydroxyl groups is 1. The molecule has 0 saturated carbocycles. The molecule has 0 unspecified atom stereocenters. The third-order valence-electron chi connectivity index (χ3n) is 4.07. The van der Waals surface area contributed by atoms with Crippen LogP contribution in [-0.2, 0) is 6.54 Å². The van der Waals surface area contributed by atoms with Crippen LogP contribution < -0.4 is 5.76 Å². The maximum atomic E-state index is 11.8. The van der Waals surface area contributed by atoms with Crippen LogP contribution >= 0.6 is 0 Å². The first-order chi connectivity index (χ1) is 10.6. The Morgan fingerprint density at radius 1 is 1.41 bits per heavy atom. The van der Waals surface area contributed by atoms with Crippen molar-refractivity contribution < 1.29 is 13.9 Å². The van der Waals surface area contributed by atoms with Gasteiger partial charge in [-0.3, -0.25) is 0 Å².